The second kappa shape index (κ2) is 9.79. The third-order valence-electron chi connectivity index (χ3n) is 5.84. The standard InChI is InChI=1S/C22H33N3O3/c1-6-28-19-11-10-18(14-20(19)27-5)15-24(3)17(2)21(26)25(4)22(16-23)12-8-7-9-13-22/h10-11,14,17H,6-9,12-13,15H2,1-5H3. The second-order valence-corrected chi connectivity index (χ2v) is 7.61. The molecule has 2 rings (SSSR count). The first-order valence-electron chi connectivity index (χ1n) is 10.1. The number of carbonyl (C=O) groups is 1. The summed E-state index contributed by atoms with van der Waals surface area (Å²) in [4.78, 5) is 16.8. The SMILES string of the molecule is CCOc1ccc(CN(C)C(C)C(=O)N(C)C2(C#N)CCCCC2)cc1OC. The van der Waals surface area contributed by atoms with Crippen LogP contribution in [0, 0.1) is 11.3 Å². The summed E-state index contributed by atoms with van der Waals surface area (Å²) in [5, 5.41) is 9.76. The number of nitrogens with zero attached hydrogens (tertiary/aromatic N) is 3. The van der Waals surface area contributed by atoms with E-state index >= 15 is 0 Å². The molecule has 1 atom stereocenters. The fourth-order valence-corrected chi connectivity index (χ4v) is 3.85. The predicted octanol–water partition coefficient (Wildman–Crippen LogP) is 3.60. The van der Waals surface area contributed by atoms with Gasteiger partial charge in [-0.25, -0.2) is 0 Å². The number of hydrogen-bond acceptors (Lipinski definition) is 5. The van der Waals surface area contributed by atoms with Gasteiger partial charge < -0.3 is 14.4 Å². The third kappa shape index (κ3) is 4.77. The molecule has 0 radical (unpaired) electrons. The van der Waals surface area contributed by atoms with E-state index in [0.717, 1.165) is 37.7 Å². The normalized spacial score (nSPS) is 16.9. The molecule has 28 heavy (non-hydrogen) atoms. The minimum absolute atomic E-state index is 0.0103. The summed E-state index contributed by atoms with van der Waals surface area (Å²) in [6.45, 7) is 5.01. The molecule has 154 valence electrons. The number of hydrogen-bond donors (Lipinski definition) is 0. The number of rotatable bonds is 8. The summed E-state index contributed by atoms with van der Waals surface area (Å²) in [7, 11) is 5.33. The molecule has 0 aliphatic heterocycles. The van der Waals surface area contributed by atoms with Crippen molar-refractivity contribution in [3.8, 4) is 17.6 Å². The number of likely N-dealkylation sites (N-methyl/N-ethyl adjacent to an activating group) is 2. The number of amides is 1. The Morgan fingerprint density at radius 2 is 1.93 bits per heavy atom. The van der Waals surface area contributed by atoms with E-state index in [1.54, 1.807) is 19.1 Å². The van der Waals surface area contributed by atoms with Crippen molar-refractivity contribution in [1.82, 2.24) is 9.80 Å². The van der Waals surface area contributed by atoms with Crippen LogP contribution in [0.25, 0.3) is 0 Å². The van der Waals surface area contributed by atoms with Crippen LogP contribution in [0.5, 0.6) is 11.5 Å². The van der Waals surface area contributed by atoms with Gasteiger partial charge in [0.15, 0.2) is 11.5 Å². The van der Waals surface area contributed by atoms with Crippen molar-refractivity contribution in [2.45, 2.75) is 64.1 Å². The molecular weight excluding hydrogens is 354 g/mol. The number of benzene rings is 1. The lowest BCUT2D eigenvalue weighted by Crippen LogP contribution is -2.55. The molecule has 1 aliphatic rings. The van der Waals surface area contributed by atoms with Gasteiger partial charge in [0.25, 0.3) is 0 Å². The van der Waals surface area contributed by atoms with Crippen molar-refractivity contribution in [3.05, 3.63) is 23.8 Å². The highest BCUT2D eigenvalue weighted by Gasteiger charge is 2.40. The van der Waals surface area contributed by atoms with Gasteiger partial charge in [-0.15, -0.1) is 0 Å². The van der Waals surface area contributed by atoms with Gasteiger partial charge in [0, 0.05) is 13.6 Å². The Hall–Kier alpha value is -2.26. The highest BCUT2D eigenvalue weighted by atomic mass is 16.5. The van der Waals surface area contributed by atoms with E-state index < -0.39 is 5.54 Å². The predicted molar refractivity (Wildman–Crippen MR) is 109 cm³/mol. The molecule has 0 spiro atoms. The Labute approximate surface area is 169 Å². The molecule has 1 saturated carbocycles. The smallest absolute Gasteiger partial charge is 0.240 e. The van der Waals surface area contributed by atoms with Gasteiger partial charge in [0.1, 0.15) is 5.54 Å². The van der Waals surface area contributed by atoms with Crippen LogP contribution in [-0.2, 0) is 11.3 Å². The van der Waals surface area contributed by atoms with E-state index in [0.29, 0.717) is 24.7 Å². The van der Waals surface area contributed by atoms with Gasteiger partial charge in [-0.1, -0.05) is 25.3 Å². The molecule has 0 saturated heterocycles. The van der Waals surface area contributed by atoms with E-state index in [-0.39, 0.29) is 11.9 Å². The Morgan fingerprint density at radius 1 is 1.25 bits per heavy atom. The van der Waals surface area contributed by atoms with Crippen LogP contribution < -0.4 is 9.47 Å². The lowest BCUT2D eigenvalue weighted by atomic mass is 9.81. The zero-order valence-electron chi connectivity index (χ0n) is 17.8. The molecule has 6 nitrogen and oxygen atoms in total. The number of methoxy groups -OCH3 is 1. The van der Waals surface area contributed by atoms with Crippen molar-refractivity contribution in [2.24, 2.45) is 0 Å². The number of ether oxygens (including phenoxy) is 2. The third-order valence-corrected chi connectivity index (χ3v) is 5.84. The summed E-state index contributed by atoms with van der Waals surface area (Å²) in [5.74, 6) is 1.40. The topological polar surface area (TPSA) is 65.8 Å². The van der Waals surface area contributed by atoms with Crippen molar-refractivity contribution in [3.63, 3.8) is 0 Å². The maximum atomic E-state index is 13.1. The largest absolute Gasteiger partial charge is 0.493 e. The van der Waals surface area contributed by atoms with Crippen LogP contribution in [0.3, 0.4) is 0 Å². The Morgan fingerprint density at radius 3 is 2.50 bits per heavy atom. The van der Waals surface area contributed by atoms with E-state index in [1.165, 1.54) is 0 Å². The van der Waals surface area contributed by atoms with Crippen LogP contribution in [0.1, 0.15) is 51.5 Å². The fourth-order valence-electron chi connectivity index (χ4n) is 3.85. The monoisotopic (exact) mass is 387 g/mol. The van der Waals surface area contributed by atoms with Crippen LogP contribution in [0.15, 0.2) is 18.2 Å². The quantitative estimate of drug-likeness (QED) is 0.682. The first-order chi connectivity index (χ1) is 13.4. The van der Waals surface area contributed by atoms with Crippen molar-refractivity contribution < 1.29 is 14.3 Å². The summed E-state index contributed by atoms with van der Waals surface area (Å²) < 4.78 is 11.0. The van der Waals surface area contributed by atoms with Gasteiger partial charge in [-0.2, -0.15) is 5.26 Å². The molecule has 0 bridgehead atoms. The van der Waals surface area contributed by atoms with E-state index in [9.17, 15) is 10.1 Å². The van der Waals surface area contributed by atoms with E-state index in [1.807, 2.05) is 44.0 Å². The van der Waals surface area contributed by atoms with E-state index in [2.05, 4.69) is 6.07 Å². The average molecular weight is 388 g/mol. The Kier molecular flexibility index (Phi) is 7.70. The van der Waals surface area contributed by atoms with Gasteiger partial charge in [0.2, 0.25) is 5.91 Å². The second-order valence-electron chi connectivity index (χ2n) is 7.61. The molecule has 0 aromatic heterocycles. The summed E-state index contributed by atoms with van der Waals surface area (Å²) in [5.41, 5.74) is 0.380. The maximum Gasteiger partial charge on any atom is 0.240 e. The molecule has 1 unspecified atom stereocenters. The van der Waals surface area contributed by atoms with Crippen molar-refractivity contribution in [1.29, 1.82) is 5.26 Å². The van der Waals surface area contributed by atoms with Crippen LogP contribution in [0.2, 0.25) is 0 Å². The first-order valence-corrected chi connectivity index (χ1v) is 10.1. The van der Waals surface area contributed by atoms with Gasteiger partial charge in [-0.3, -0.25) is 9.69 Å². The van der Waals surface area contributed by atoms with Gasteiger partial charge in [0.05, 0.1) is 25.8 Å². The Bertz CT molecular complexity index is 707. The van der Waals surface area contributed by atoms with Crippen LogP contribution >= 0.6 is 0 Å². The minimum Gasteiger partial charge on any atom is -0.493 e. The average Bonchev–Trinajstić information content (AvgIpc) is 2.73. The zero-order valence-corrected chi connectivity index (χ0v) is 17.8. The van der Waals surface area contributed by atoms with Crippen LogP contribution in [-0.4, -0.2) is 55.1 Å². The van der Waals surface area contributed by atoms with Crippen molar-refractivity contribution in [2.75, 3.05) is 27.8 Å². The van der Waals surface area contributed by atoms with Crippen molar-refractivity contribution >= 4 is 5.91 Å². The lowest BCUT2D eigenvalue weighted by Gasteiger charge is -2.41. The number of carbonyl (C=O) groups excluding carboxylic acids is 1. The molecule has 1 aromatic carbocycles. The molecule has 1 aliphatic carbocycles. The molecule has 6 heteroatoms. The first kappa shape index (κ1) is 22.0. The zero-order chi connectivity index (χ0) is 20.7. The highest BCUT2D eigenvalue weighted by molar-refractivity contribution is 5.82. The summed E-state index contributed by atoms with van der Waals surface area (Å²) in [6.07, 6.45) is 4.67. The molecular formula is C22H33N3O3. The maximum absolute atomic E-state index is 13.1. The van der Waals surface area contributed by atoms with Crippen LogP contribution in [0.4, 0.5) is 0 Å². The lowest BCUT2D eigenvalue weighted by molar-refractivity contribution is -0.139. The van der Waals surface area contributed by atoms with Gasteiger partial charge in [-0.05, 0) is 51.4 Å². The summed E-state index contributed by atoms with van der Waals surface area (Å²) >= 11 is 0. The summed E-state index contributed by atoms with van der Waals surface area (Å²) in [6, 6.07) is 7.94. The molecule has 1 aromatic rings. The molecule has 0 N–H and O–H groups in total. The minimum atomic E-state index is -0.660. The molecule has 1 amide bonds. The van der Waals surface area contributed by atoms with Gasteiger partial charge >= 0.3 is 0 Å². The molecule has 1 fully saturated rings. The highest BCUT2D eigenvalue weighted by Crippen LogP contribution is 2.33. The molecule has 0 heterocycles. The number of nitriles is 1. The fraction of sp³-hybridized carbons (Fsp3) is 0.636. The van der Waals surface area contributed by atoms with E-state index in [4.69, 9.17) is 9.47 Å². The Balaban J connectivity index is 2.08.